The second-order valence-electron chi connectivity index (χ2n) is 2.46. The van der Waals surface area contributed by atoms with Crippen molar-refractivity contribution in [3.63, 3.8) is 0 Å². The first-order valence-corrected chi connectivity index (χ1v) is 4.62. The van der Waals surface area contributed by atoms with E-state index in [9.17, 15) is 0 Å². The molecule has 0 spiro atoms. The normalized spacial score (nSPS) is 24.3. The van der Waals surface area contributed by atoms with Crippen LogP contribution in [0, 0.1) is 0 Å². The van der Waals surface area contributed by atoms with Crippen molar-refractivity contribution < 1.29 is 0 Å². The van der Waals surface area contributed by atoms with Gasteiger partial charge in [0.2, 0.25) is 0 Å². The van der Waals surface area contributed by atoms with Gasteiger partial charge in [0.05, 0.1) is 11.6 Å². The standard InChI is InChI=1S/C6H10N4S/c1-10-8-4-5(9-10)6-7-2-3-11-6/h4,6-7H,2-3H2,1H3. The number of aryl methyl sites for hydroxylation is 1. The van der Waals surface area contributed by atoms with Crippen molar-refractivity contribution in [2.24, 2.45) is 7.05 Å². The zero-order chi connectivity index (χ0) is 7.68. The first kappa shape index (κ1) is 7.12. The van der Waals surface area contributed by atoms with E-state index < -0.39 is 0 Å². The highest BCUT2D eigenvalue weighted by Gasteiger charge is 2.18. The molecule has 0 radical (unpaired) electrons. The summed E-state index contributed by atoms with van der Waals surface area (Å²) in [5.74, 6) is 1.17. The summed E-state index contributed by atoms with van der Waals surface area (Å²) < 4.78 is 0. The van der Waals surface area contributed by atoms with Crippen LogP contribution in [0.3, 0.4) is 0 Å². The van der Waals surface area contributed by atoms with Gasteiger partial charge in [0.25, 0.3) is 0 Å². The van der Waals surface area contributed by atoms with Gasteiger partial charge in [-0.25, -0.2) is 0 Å². The summed E-state index contributed by atoms with van der Waals surface area (Å²) in [6.07, 6.45) is 1.82. The maximum Gasteiger partial charge on any atom is 0.110 e. The van der Waals surface area contributed by atoms with Crippen LogP contribution in [0.1, 0.15) is 11.1 Å². The highest BCUT2D eigenvalue weighted by molar-refractivity contribution is 7.99. The van der Waals surface area contributed by atoms with Crippen LogP contribution in [0.15, 0.2) is 6.20 Å². The molecular formula is C6H10N4S. The molecule has 2 heterocycles. The van der Waals surface area contributed by atoms with E-state index in [-0.39, 0.29) is 0 Å². The van der Waals surface area contributed by atoms with Gasteiger partial charge in [-0.2, -0.15) is 15.0 Å². The van der Waals surface area contributed by atoms with E-state index in [1.165, 1.54) is 5.75 Å². The number of thioether (sulfide) groups is 1. The second kappa shape index (κ2) is 2.83. The summed E-state index contributed by atoms with van der Waals surface area (Å²) in [5, 5.41) is 11.9. The second-order valence-corrected chi connectivity index (χ2v) is 3.68. The molecule has 1 fully saturated rings. The predicted octanol–water partition coefficient (Wildman–Crippen LogP) is 0.150. The lowest BCUT2D eigenvalue weighted by Crippen LogP contribution is -2.12. The van der Waals surface area contributed by atoms with Gasteiger partial charge >= 0.3 is 0 Å². The van der Waals surface area contributed by atoms with Crippen LogP contribution in [0.25, 0.3) is 0 Å². The lowest BCUT2D eigenvalue weighted by atomic mass is 10.5. The quantitative estimate of drug-likeness (QED) is 0.651. The summed E-state index contributed by atoms with van der Waals surface area (Å²) in [6.45, 7) is 1.08. The maximum absolute atomic E-state index is 4.21. The van der Waals surface area contributed by atoms with Crippen LogP contribution in [-0.4, -0.2) is 27.3 Å². The third kappa shape index (κ3) is 1.39. The molecule has 0 saturated carbocycles. The molecule has 1 unspecified atom stereocenters. The van der Waals surface area contributed by atoms with Crippen molar-refractivity contribution in [2.45, 2.75) is 5.37 Å². The maximum atomic E-state index is 4.21. The Morgan fingerprint density at radius 3 is 3.27 bits per heavy atom. The zero-order valence-electron chi connectivity index (χ0n) is 6.32. The van der Waals surface area contributed by atoms with Gasteiger partial charge in [-0.1, -0.05) is 0 Å². The van der Waals surface area contributed by atoms with Crippen LogP contribution in [0.2, 0.25) is 0 Å². The molecule has 5 heteroatoms. The van der Waals surface area contributed by atoms with E-state index >= 15 is 0 Å². The van der Waals surface area contributed by atoms with E-state index in [1.807, 2.05) is 25.0 Å². The Labute approximate surface area is 69.4 Å². The molecule has 0 aliphatic carbocycles. The molecule has 1 aromatic heterocycles. The Morgan fingerprint density at radius 1 is 1.82 bits per heavy atom. The van der Waals surface area contributed by atoms with E-state index in [2.05, 4.69) is 15.5 Å². The van der Waals surface area contributed by atoms with Crippen LogP contribution < -0.4 is 5.32 Å². The minimum absolute atomic E-state index is 0.365. The topological polar surface area (TPSA) is 42.7 Å². The number of nitrogens with one attached hydrogen (secondary N) is 1. The molecule has 4 nitrogen and oxygen atoms in total. The molecule has 1 atom stereocenters. The fraction of sp³-hybridized carbons (Fsp3) is 0.667. The first-order chi connectivity index (χ1) is 5.36. The summed E-state index contributed by atoms with van der Waals surface area (Å²) in [4.78, 5) is 1.59. The summed E-state index contributed by atoms with van der Waals surface area (Å²) >= 11 is 1.88. The average Bonchev–Trinajstić information content (AvgIpc) is 2.55. The molecule has 0 amide bonds. The summed E-state index contributed by atoms with van der Waals surface area (Å²) in [6, 6.07) is 0. The predicted molar refractivity (Wildman–Crippen MR) is 44.2 cm³/mol. The number of hydrogen-bond donors (Lipinski definition) is 1. The van der Waals surface area contributed by atoms with Crippen LogP contribution in [0.5, 0.6) is 0 Å². The summed E-state index contributed by atoms with van der Waals surface area (Å²) in [7, 11) is 1.84. The molecule has 1 aromatic rings. The Hall–Kier alpha value is -0.550. The molecular weight excluding hydrogens is 160 g/mol. The van der Waals surface area contributed by atoms with Crippen molar-refractivity contribution in [2.75, 3.05) is 12.3 Å². The number of hydrogen-bond acceptors (Lipinski definition) is 4. The largest absolute Gasteiger partial charge is 0.299 e. The van der Waals surface area contributed by atoms with Crippen LogP contribution in [0.4, 0.5) is 0 Å². The first-order valence-electron chi connectivity index (χ1n) is 3.57. The third-order valence-corrected chi connectivity index (χ3v) is 2.78. The lowest BCUT2D eigenvalue weighted by Gasteiger charge is -2.02. The SMILES string of the molecule is Cn1ncc(C2NCCS2)n1. The van der Waals surface area contributed by atoms with Gasteiger partial charge in [0.1, 0.15) is 5.69 Å². The van der Waals surface area contributed by atoms with Crippen molar-refractivity contribution in [3.05, 3.63) is 11.9 Å². The Balaban J connectivity index is 2.15. The molecule has 2 rings (SSSR count). The average molecular weight is 170 g/mol. The molecule has 1 aliphatic heterocycles. The molecule has 60 valence electrons. The monoisotopic (exact) mass is 170 g/mol. The van der Waals surface area contributed by atoms with Crippen molar-refractivity contribution in [3.8, 4) is 0 Å². The van der Waals surface area contributed by atoms with Crippen LogP contribution >= 0.6 is 11.8 Å². The smallest absolute Gasteiger partial charge is 0.110 e. The Morgan fingerprint density at radius 2 is 2.73 bits per heavy atom. The minimum atomic E-state index is 0.365. The third-order valence-electron chi connectivity index (χ3n) is 1.60. The highest BCUT2D eigenvalue weighted by Crippen LogP contribution is 2.27. The molecule has 0 bridgehead atoms. The molecule has 1 saturated heterocycles. The minimum Gasteiger partial charge on any atom is -0.299 e. The van der Waals surface area contributed by atoms with Crippen molar-refractivity contribution in [1.29, 1.82) is 0 Å². The summed E-state index contributed by atoms with van der Waals surface area (Å²) in [5.41, 5.74) is 1.04. The van der Waals surface area contributed by atoms with Gasteiger partial charge in [-0.3, -0.25) is 5.32 Å². The van der Waals surface area contributed by atoms with Gasteiger partial charge < -0.3 is 0 Å². The Kier molecular flexibility index (Phi) is 1.83. The van der Waals surface area contributed by atoms with Gasteiger partial charge in [0.15, 0.2) is 0 Å². The van der Waals surface area contributed by atoms with Gasteiger partial charge in [-0.15, -0.1) is 11.8 Å². The number of rotatable bonds is 1. The molecule has 11 heavy (non-hydrogen) atoms. The fourth-order valence-electron chi connectivity index (χ4n) is 1.10. The fourth-order valence-corrected chi connectivity index (χ4v) is 2.08. The van der Waals surface area contributed by atoms with E-state index in [0.29, 0.717) is 5.37 Å². The van der Waals surface area contributed by atoms with E-state index in [4.69, 9.17) is 0 Å². The molecule has 1 N–H and O–H groups in total. The zero-order valence-corrected chi connectivity index (χ0v) is 7.14. The Bertz CT molecular complexity index is 240. The van der Waals surface area contributed by atoms with E-state index in [0.717, 1.165) is 12.2 Å². The van der Waals surface area contributed by atoms with Crippen LogP contribution in [-0.2, 0) is 7.05 Å². The van der Waals surface area contributed by atoms with Crippen molar-refractivity contribution >= 4 is 11.8 Å². The number of aromatic nitrogens is 3. The lowest BCUT2D eigenvalue weighted by molar-refractivity contribution is 0.633. The molecule has 0 aromatic carbocycles. The molecule has 1 aliphatic rings. The van der Waals surface area contributed by atoms with Gasteiger partial charge in [0, 0.05) is 19.3 Å². The van der Waals surface area contributed by atoms with E-state index in [1.54, 1.807) is 4.80 Å². The highest BCUT2D eigenvalue weighted by atomic mass is 32.2. The van der Waals surface area contributed by atoms with Crippen molar-refractivity contribution in [1.82, 2.24) is 20.3 Å². The number of nitrogens with zero attached hydrogens (tertiary/aromatic N) is 3. The van der Waals surface area contributed by atoms with Gasteiger partial charge in [-0.05, 0) is 0 Å².